The highest BCUT2D eigenvalue weighted by molar-refractivity contribution is 4.89. The standard InChI is InChI=1S/C15H32N2/c1-3-5-6-7-8-9-10-11-12-13-14-17-15(16)4-2/h4,17H,3,5-14,16H2,1-2H3/b15-4+. The third-order valence-electron chi connectivity index (χ3n) is 3.17. The van der Waals surface area contributed by atoms with E-state index in [0.717, 1.165) is 12.4 Å². The molecule has 0 aromatic carbocycles. The highest BCUT2D eigenvalue weighted by Crippen LogP contribution is 2.10. The van der Waals surface area contributed by atoms with E-state index in [1.165, 1.54) is 64.2 Å². The number of nitrogens with one attached hydrogen (secondary N) is 1. The highest BCUT2D eigenvalue weighted by Gasteiger charge is 1.92. The van der Waals surface area contributed by atoms with Crippen LogP contribution >= 0.6 is 0 Å². The molecule has 0 rings (SSSR count). The first-order valence-electron chi connectivity index (χ1n) is 7.47. The molecule has 0 bridgehead atoms. The summed E-state index contributed by atoms with van der Waals surface area (Å²) in [5.74, 6) is 0.806. The van der Waals surface area contributed by atoms with Gasteiger partial charge in [0.05, 0.1) is 5.82 Å². The number of unbranched alkanes of at least 4 members (excludes halogenated alkanes) is 9. The van der Waals surface area contributed by atoms with Crippen LogP contribution in [0, 0.1) is 0 Å². The van der Waals surface area contributed by atoms with Gasteiger partial charge in [0.15, 0.2) is 0 Å². The van der Waals surface area contributed by atoms with Crippen molar-refractivity contribution in [2.45, 2.75) is 78.1 Å². The summed E-state index contributed by atoms with van der Waals surface area (Å²) in [4.78, 5) is 0. The second kappa shape index (κ2) is 13.4. The van der Waals surface area contributed by atoms with E-state index < -0.39 is 0 Å². The van der Waals surface area contributed by atoms with Gasteiger partial charge in [-0.15, -0.1) is 0 Å². The molecular weight excluding hydrogens is 208 g/mol. The maximum Gasteiger partial charge on any atom is 0.0916 e. The van der Waals surface area contributed by atoms with Gasteiger partial charge in [0.2, 0.25) is 0 Å². The van der Waals surface area contributed by atoms with Gasteiger partial charge in [-0.25, -0.2) is 0 Å². The lowest BCUT2D eigenvalue weighted by atomic mass is 10.1. The van der Waals surface area contributed by atoms with Crippen molar-refractivity contribution in [2.75, 3.05) is 6.54 Å². The molecule has 0 amide bonds. The molecule has 17 heavy (non-hydrogen) atoms. The number of allylic oxidation sites excluding steroid dienone is 1. The summed E-state index contributed by atoms with van der Waals surface area (Å²) in [6.07, 6.45) is 15.8. The molecule has 3 N–H and O–H groups in total. The SMILES string of the molecule is C/C=C(\N)NCCCCCCCCCCCC. The van der Waals surface area contributed by atoms with Crippen LogP contribution in [0.15, 0.2) is 11.9 Å². The lowest BCUT2D eigenvalue weighted by Crippen LogP contribution is -2.20. The molecular formula is C15H32N2. The Morgan fingerprint density at radius 3 is 1.82 bits per heavy atom. The monoisotopic (exact) mass is 240 g/mol. The number of rotatable bonds is 12. The fourth-order valence-electron chi connectivity index (χ4n) is 1.95. The summed E-state index contributed by atoms with van der Waals surface area (Å²) in [6.45, 7) is 5.25. The van der Waals surface area contributed by atoms with E-state index in [2.05, 4.69) is 12.2 Å². The van der Waals surface area contributed by atoms with Crippen LogP contribution in [-0.2, 0) is 0 Å². The normalized spacial score (nSPS) is 11.8. The molecule has 0 saturated carbocycles. The predicted molar refractivity (Wildman–Crippen MR) is 77.8 cm³/mol. The van der Waals surface area contributed by atoms with Crippen molar-refractivity contribution >= 4 is 0 Å². The molecule has 0 heterocycles. The van der Waals surface area contributed by atoms with E-state index in [1.54, 1.807) is 0 Å². The van der Waals surface area contributed by atoms with Gasteiger partial charge < -0.3 is 11.1 Å². The molecule has 0 radical (unpaired) electrons. The molecule has 0 unspecified atom stereocenters. The largest absolute Gasteiger partial charge is 0.386 e. The minimum absolute atomic E-state index is 0.806. The molecule has 0 aliphatic heterocycles. The quantitative estimate of drug-likeness (QED) is 0.499. The smallest absolute Gasteiger partial charge is 0.0916 e. The number of nitrogens with two attached hydrogens (primary N) is 1. The van der Waals surface area contributed by atoms with Crippen molar-refractivity contribution in [1.29, 1.82) is 0 Å². The number of hydrogen-bond acceptors (Lipinski definition) is 2. The van der Waals surface area contributed by atoms with Gasteiger partial charge >= 0.3 is 0 Å². The molecule has 0 saturated heterocycles. The third-order valence-corrected chi connectivity index (χ3v) is 3.17. The summed E-state index contributed by atoms with van der Waals surface area (Å²) in [7, 11) is 0. The van der Waals surface area contributed by atoms with Gasteiger partial charge in [-0.3, -0.25) is 0 Å². The average Bonchev–Trinajstić information content (AvgIpc) is 2.35. The zero-order chi connectivity index (χ0) is 12.8. The van der Waals surface area contributed by atoms with Gasteiger partial charge in [-0.1, -0.05) is 64.7 Å². The molecule has 0 aromatic rings. The van der Waals surface area contributed by atoms with Gasteiger partial charge in [0.25, 0.3) is 0 Å². The molecule has 0 atom stereocenters. The molecule has 0 fully saturated rings. The maximum atomic E-state index is 5.64. The second-order valence-corrected chi connectivity index (χ2v) is 4.85. The van der Waals surface area contributed by atoms with Crippen molar-refractivity contribution in [3.8, 4) is 0 Å². The van der Waals surface area contributed by atoms with Crippen LogP contribution in [0.5, 0.6) is 0 Å². The average molecular weight is 240 g/mol. The van der Waals surface area contributed by atoms with Crippen LogP contribution in [0.2, 0.25) is 0 Å². The van der Waals surface area contributed by atoms with Crippen LogP contribution < -0.4 is 11.1 Å². The maximum absolute atomic E-state index is 5.64. The van der Waals surface area contributed by atoms with Gasteiger partial charge in [-0.05, 0) is 19.4 Å². The molecule has 2 heteroatoms. The second-order valence-electron chi connectivity index (χ2n) is 4.85. The molecule has 2 nitrogen and oxygen atoms in total. The van der Waals surface area contributed by atoms with E-state index >= 15 is 0 Å². The van der Waals surface area contributed by atoms with Crippen molar-refractivity contribution < 1.29 is 0 Å². The van der Waals surface area contributed by atoms with Crippen LogP contribution in [0.4, 0.5) is 0 Å². The van der Waals surface area contributed by atoms with E-state index in [4.69, 9.17) is 5.73 Å². The lowest BCUT2D eigenvalue weighted by Gasteiger charge is -2.05. The van der Waals surface area contributed by atoms with E-state index in [0.29, 0.717) is 0 Å². The molecule has 0 aliphatic carbocycles. The summed E-state index contributed by atoms with van der Waals surface area (Å²) < 4.78 is 0. The summed E-state index contributed by atoms with van der Waals surface area (Å²) >= 11 is 0. The Morgan fingerprint density at radius 2 is 1.35 bits per heavy atom. The first-order chi connectivity index (χ1) is 8.31. The van der Waals surface area contributed by atoms with E-state index in [1.807, 2.05) is 13.0 Å². The predicted octanol–water partition coefficient (Wildman–Crippen LogP) is 4.32. The summed E-state index contributed by atoms with van der Waals surface area (Å²) in [5.41, 5.74) is 5.64. The number of hydrogen-bond donors (Lipinski definition) is 2. The Morgan fingerprint density at radius 1 is 0.882 bits per heavy atom. The first-order valence-corrected chi connectivity index (χ1v) is 7.47. The lowest BCUT2D eigenvalue weighted by molar-refractivity contribution is 0.551. The Bertz CT molecular complexity index is 176. The van der Waals surface area contributed by atoms with Gasteiger partial charge in [-0.2, -0.15) is 0 Å². The van der Waals surface area contributed by atoms with E-state index in [-0.39, 0.29) is 0 Å². The third kappa shape index (κ3) is 13.3. The Kier molecular flexibility index (Phi) is 12.9. The van der Waals surface area contributed by atoms with Crippen LogP contribution in [-0.4, -0.2) is 6.54 Å². The van der Waals surface area contributed by atoms with Gasteiger partial charge in [0.1, 0.15) is 0 Å². The van der Waals surface area contributed by atoms with Crippen molar-refractivity contribution in [3.63, 3.8) is 0 Å². The minimum atomic E-state index is 0.806. The zero-order valence-electron chi connectivity index (χ0n) is 11.9. The van der Waals surface area contributed by atoms with Crippen molar-refractivity contribution in [2.24, 2.45) is 5.73 Å². The fourth-order valence-corrected chi connectivity index (χ4v) is 1.95. The summed E-state index contributed by atoms with van der Waals surface area (Å²) in [5, 5.41) is 3.20. The Hall–Kier alpha value is -0.660. The molecule has 0 aromatic heterocycles. The van der Waals surface area contributed by atoms with Gasteiger partial charge in [0, 0.05) is 6.54 Å². The van der Waals surface area contributed by atoms with Crippen molar-refractivity contribution in [1.82, 2.24) is 5.32 Å². The van der Waals surface area contributed by atoms with Crippen LogP contribution in [0.25, 0.3) is 0 Å². The molecule has 102 valence electrons. The van der Waals surface area contributed by atoms with Crippen molar-refractivity contribution in [3.05, 3.63) is 11.9 Å². The minimum Gasteiger partial charge on any atom is -0.386 e. The Labute approximate surface area is 108 Å². The highest BCUT2D eigenvalue weighted by atomic mass is 15.0. The zero-order valence-corrected chi connectivity index (χ0v) is 11.9. The Balaban J connectivity index is 2.99. The topological polar surface area (TPSA) is 38.0 Å². The molecule has 0 spiro atoms. The van der Waals surface area contributed by atoms with E-state index in [9.17, 15) is 0 Å². The van der Waals surface area contributed by atoms with Crippen LogP contribution in [0.1, 0.15) is 78.1 Å². The van der Waals surface area contributed by atoms with Crippen LogP contribution in [0.3, 0.4) is 0 Å². The summed E-state index contributed by atoms with van der Waals surface area (Å²) in [6, 6.07) is 0. The fraction of sp³-hybridized carbons (Fsp3) is 0.867. The molecule has 0 aliphatic rings. The first kappa shape index (κ1) is 16.3.